The van der Waals surface area contributed by atoms with Crippen molar-refractivity contribution in [1.29, 1.82) is 0 Å². The van der Waals surface area contributed by atoms with Crippen molar-refractivity contribution >= 4 is 0 Å². The third-order valence-electron chi connectivity index (χ3n) is 13.6. The highest BCUT2D eigenvalue weighted by molar-refractivity contribution is 5.92. The van der Waals surface area contributed by atoms with Gasteiger partial charge < -0.3 is 0 Å². The fourth-order valence-corrected chi connectivity index (χ4v) is 10.4. The summed E-state index contributed by atoms with van der Waals surface area (Å²) in [5, 5.41) is 0. The quantitative estimate of drug-likeness (QED) is 0.180. The molecule has 0 radical (unpaired) electrons. The van der Waals surface area contributed by atoms with Gasteiger partial charge in [0.1, 0.15) is 0 Å². The first-order valence-corrected chi connectivity index (χ1v) is 20.2. The third-order valence-corrected chi connectivity index (χ3v) is 13.6. The van der Waals surface area contributed by atoms with Gasteiger partial charge in [-0.3, -0.25) is 0 Å². The highest BCUT2D eigenvalue weighted by atomic mass is 14.8. The average molecular weight is 733 g/mol. The molecule has 57 heavy (non-hydrogen) atoms. The molecular formula is C55H44N2. The molecule has 1 heterocycles. The van der Waals surface area contributed by atoms with E-state index in [9.17, 15) is 0 Å². The molecule has 0 spiro atoms. The summed E-state index contributed by atoms with van der Waals surface area (Å²) < 4.78 is 0. The first-order chi connectivity index (χ1) is 27.5. The van der Waals surface area contributed by atoms with Crippen molar-refractivity contribution in [3.05, 3.63) is 191 Å². The van der Waals surface area contributed by atoms with Crippen LogP contribution in [0.3, 0.4) is 0 Å². The van der Waals surface area contributed by atoms with Crippen molar-refractivity contribution < 1.29 is 0 Å². The standard InChI is InChI=1S/C55H44N2/c1-53(2)46-15-10-9-14-40(46)41-23-18-35(30-49(41)53)38-12-7-8-13-39(38)36-19-24-44-42-21-16-33(28-47(42)54(3,4)50(44)31-36)34-17-22-43-45-25-20-37(52-56-26-11-27-57-52)32-51(45)55(5,6)48(43)29-34/h7-32H,1-6H3. The van der Waals surface area contributed by atoms with E-state index in [4.69, 9.17) is 0 Å². The Morgan fingerprint density at radius 3 is 1.05 bits per heavy atom. The Labute approximate surface area is 336 Å². The van der Waals surface area contributed by atoms with Gasteiger partial charge in [0, 0.05) is 34.2 Å². The molecule has 0 bridgehead atoms. The van der Waals surface area contributed by atoms with Crippen LogP contribution in [0, 0.1) is 0 Å². The Hall–Kier alpha value is -6.38. The summed E-state index contributed by atoms with van der Waals surface area (Å²) in [6.45, 7) is 14.2. The summed E-state index contributed by atoms with van der Waals surface area (Å²) in [6, 6.07) is 54.9. The monoisotopic (exact) mass is 732 g/mol. The van der Waals surface area contributed by atoms with Crippen LogP contribution in [0.2, 0.25) is 0 Å². The van der Waals surface area contributed by atoms with Crippen molar-refractivity contribution in [1.82, 2.24) is 9.97 Å². The van der Waals surface area contributed by atoms with Crippen LogP contribution in [0.1, 0.15) is 74.9 Å². The van der Waals surface area contributed by atoms with Gasteiger partial charge in [-0.05, 0) is 137 Å². The Bertz CT molecular complexity index is 2980. The summed E-state index contributed by atoms with van der Waals surface area (Å²) in [4.78, 5) is 9.05. The number of fused-ring (bicyclic) bond motifs is 9. The van der Waals surface area contributed by atoms with Gasteiger partial charge in [0.2, 0.25) is 0 Å². The van der Waals surface area contributed by atoms with E-state index in [1.54, 1.807) is 0 Å². The van der Waals surface area contributed by atoms with Gasteiger partial charge in [-0.2, -0.15) is 0 Å². The van der Waals surface area contributed by atoms with E-state index in [-0.39, 0.29) is 16.2 Å². The molecule has 0 unspecified atom stereocenters. The van der Waals surface area contributed by atoms with E-state index >= 15 is 0 Å². The van der Waals surface area contributed by atoms with E-state index in [0.29, 0.717) is 0 Å². The highest BCUT2D eigenvalue weighted by Gasteiger charge is 2.39. The molecule has 0 saturated carbocycles. The second-order valence-corrected chi connectivity index (χ2v) is 17.8. The lowest BCUT2D eigenvalue weighted by Gasteiger charge is -2.24. The summed E-state index contributed by atoms with van der Waals surface area (Å²) in [7, 11) is 0. The number of hydrogen-bond donors (Lipinski definition) is 0. The molecular weight excluding hydrogens is 689 g/mol. The van der Waals surface area contributed by atoms with Crippen molar-refractivity contribution in [2.75, 3.05) is 0 Å². The second-order valence-electron chi connectivity index (χ2n) is 17.8. The molecule has 0 aliphatic heterocycles. The van der Waals surface area contributed by atoms with Crippen LogP contribution in [0.4, 0.5) is 0 Å². The lowest BCUT2D eigenvalue weighted by Crippen LogP contribution is -2.15. The van der Waals surface area contributed by atoms with Gasteiger partial charge >= 0.3 is 0 Å². The Kier molecular flexibility index (Phi) is 7.03. The van der Waals surface area contributed by atoms with Crippen molar-refractivity contribution in [3.8, 4) is 78.1 Å². The minimum Gasteiger partial charge on any atom is -0.237 e. The van der Waals surface area contributed by atoms with Crippen LogP contribution in [-0.4, -0.2) is 9.97 Å². The predicted molar refractivity (Wildman–Crippen MR) is 236 cm³/mol. The minimum absolute atomic E-state index is 0.0392. The summed E-state index contributed by atoms with van der Waals surface area (Å²) >= 11 is 0. The molecule has 11 rings (SSSR count). The Morgan fingerprint density at radius 2 is 0.596 bits per heavy atom. The van der Waals surface area contributed by atoms with Gasteiger partial charge in [0.15, 0.2) is 5.82 Å². The van der Waals surface area contributed by atoms with Gasteiger partial charge in [-0.25, -0.2) is 9.97 Å². The van der Waals surface area contributed by atoms with Gasteiger partial charge in [0.05, 0.1) is 0 Å². The van der Waals surface area contributed by atoms with Crippen molar-refractivity contribution in [3.63, 3.8) is 0 Å². The predicted octanol–water partition coefficient (Wildman–Crippen LogP) is 14.1. The van der Waals surface area contributed by atoms with Gasteiger partial charge in [0.25, 0.3) is 0 Å². The molecule has 8 aromatic rings. The van der Waals surface area contributed by atoms with E-state index in [1.807, 2.05) is 18.5 Å². The van der Waals surface area contributed by atoms with Crippen LogP contribution >= 0.6 is 0 Å². The van der Waals surface area contributed by atoms with Crippen LogP contribution < -0.4 is 0 Å². The van der Waals surface area contributed by atoms with E-state index < -0.39 is 0 Å². The van der Waals surface area contributed by atoms with Gasteiger partial charge in [-0.1, -0.05) is 151 Å². The first kappa shape index (κ1) is 33.9. The Morgan fingerprint density at radius 1 is 0.281 bits per heavy atom. The second kappa shape index (κ2) is 11.8. The first-order valence-electron chi connectivity index (χ1n) is 20.2. The number of hydrogen-bond acceptors (Lipinski definition) is 2. The molecule has 0 amide bonds. The number of aromatic nitrogens is 2. The van der Waals surface area contributed by atoms with E-state index in [1.165, 1.54) is 100 Å². The highest BCUT2D eigenvalue weighted by Crippen LogP contribution is 2.54. The fraction of sp³-hybridized carbons (Fsp3) is 0.164. The average Bonchev–Trinajstić information content (AvgIpc) is 3.72. The largest absolute Gasteiger partial charge is 0.237 e. The lowest BCUT2D eigenvalue weighted by atomic mass is 9.79. The van der Waals surface area contributed by atoms with Crippen LogP contribution in [0.5, 0.6) is 0 Å². The topological polar surface area (TPSA) is 25.8 Å². The van der Waals surface area contributed by atoms with Crippen LogP contribution in [-0.2, 0) is 16.2 Å². The maximum Gasteiger partial charge on any atom is 0.159 e. The molecule has 3 aliphatic carbocycles. The van der Waals surface area contributed by atoms with Gasteiger partial charge in [-0.15, -0.1) is 0 Å². The van der Waals surface area contributed by atoms with Crippen LogP contribution in [0.15, 0.2) is 158 Å². The molecule has 3 aliphatic rings. The minimum atomic E-state index is -0.156. The molecule has 0 fully saturated rings. The molecule has 274 valence electrons. The summed E-state index contributed by atoms with van der Waals surface area (Å²) in [5.41, 5.74) is 24.6. The normalized spacial score (nSPS) is 15.6. The Balaban J connectivity index is 0.938. The SMILES string of the molecule is CC1(C)c2cc(-c3ccc4c(c3)C(C)(C)c3cc(-c5ccccc5-c5ccc6c(c5)C(C)(C)c5ccccc5-6)ccc3-4)ccc2-c2ccc(-c3ncccn3)cc21. The number of nitrogens with zero attached hydrogens (tertiary/aromatic N) is 2. The summed E-state index contributed by atoms with van der Waals surface area (Å²) in [6.07, 6.45) is 3.62. The van der Waals surface area contributed by atoms with E-state index in [0.717, 1.165) is 11.4 Å². The van der Waals surface area contributed by atoms with E-state index in [2.05, 4.69) is 191 Å². The fourth-order valence-electron chi connectivity index (χ4n) is 10.4. The van der Waals surface area contributed by atoms with Crippen LogP contribution in [0.25, 0.3) is 78.1 Å². The zero-order valence-electron chi connectivity index (χ0n) is 33.4. The van der Waals surface area contributed by atoms with Crippen molar-refractivity contribution in [2.24, 2.45) is 0 Å². The molecule has 7 aromatic carbocycles. The molecule has 1 aromatic heterocycles. The summed E-state index contributed by atoms with van der Waals surface area (Å²) in [5.74, 6) is 0.764. The smallest absolute Gasteiger partial charge is 0.159 e. The maximum absolute atomic E-state index is 4.53. The lowest BCUT2D eigenvalue weighted by molar-refractivity contribution is 0.659. The maximum atomic E-state index is 4.53. The third kappa shape index (κ3) is 4.83. The molecule has 0 atom stereocenters. The van der Waals surface area contributed by atoms with Crippen molar-refractivity contribution in [2.45, 2.75) is 57.8 Å². The number of benzene rings is 7. The molecule has 0 N–H and O–H groups in total. The number of rotatable bonds is 4. The molecule has 2 heteroatoms. The zero-order valence-corrected chi connectivity index (χ0v) is 33.4. The molecule has 0 saturated heterocycles. The zero-order chi connectivity index (χ0) is 38.8. The molecule has 2 nitrogen and oxygen atoms in total.